The van der Waals surface area contributed by atoms with Gasteiger partial charge in [-0.25, -0.2) is 4.68 Å². The van der Waals surface area contributed by atoms with Crippen molar-refractivity contribution in [1.29, 1.82) is 0 Å². The van der Waals surface area contributed by atoms with E-state index in [-0.39, 0.29) is 5.75 Å². The maximum atomic E-state index is 10.3. The van der Waals surface area contributed by atoms with Crippen LogP contribution in [0.1, 0.15) is 5.56 Å². The second kappa shape index (κ2) is 8.83. The van der Waals surface area contributed by atoms with Gasteiger partial charge in [0.2, 0.25) is 4.80 Å². The summed E-state index contributed by atoms with van der Waals surface area (Å²) in [5.74, 6) is 0.450. The summed E-state index contributed by atoms with van der Waals surface area (Å²) in [6.07, 6.45) is 3.33. The first-order valence-electron chi connectivity index (χ1n) is 8.12. The van der Waals surface area contributed by atoms with Gasteiger partial charge in [-0.2, -0.15) is 5.10 Å². The minimum Gasteiger partial charge on any atom is -0.504 e. The van der Waals surface area contributed by atoms with Crippen LogP contribution in [0.5, 0.6) is 11.5 Å². The van der Waals surface area contributed by atoms with Crippen LogP contribution in [0, 0.1) is 0 Å². The largest absolute Gasteiger partial charge is 0.504 e. The van der Waals surface area contributed by atoms with Crippen molar-refractivity contribution in [3.63, 3.8) is 0 Å². The summed E-state index contributed by atoms with van der Waals surface area (Å²) in [6.45, 7) is 4.21. The van der Waals surface area contributed by atoms with Crippen LogP contribution in [-0.4, -0.2) is 29.7 Å². The number of aromatic nitrogens is 1. The lowest BCUT2D eigenvalue weighted by atomic mass is 10.2. The summed E-state index contributed by atoms with van der Waals surface area (Å²) < 4.78 is 7.90. The summed E-state index contributed by atoms with van der Waals surface area (Å²) in [5.41, 5.74) is 2.47. The molecule has 0 radical (unpaired) electrons. The molecule has 0 saturated carbocycles. The number of nitrogens with zero attached hydrogens (tertiary/aromatic N) is 3. The summed E-state index contributed by atoms with van der Waals surface area (Å²) >= 11 is 5.00. The fourth-order valence-corrected chi connectivity index (χ4v) is 3.68. The van der Waals surface area contributed by atoms with E-state index in [9.17, 15) is 5.11 Å². The molecule has 0 amide bonds. The number of hydrogen-bond acceptors (Lipinski definition) is 5. The number of thiazole rings is 1. The SMILES string of the molecule is C=CCN=c1scc(-c2cccc(Br)c2)n1N=Cc1cccc(OC)c1O. The first kappa shape index (κ1) is 19.1. The zero-order valence-electron chi connectivity index (χ0n) is 14.7. The van der Waals surface area contributed by atoms with E-state index in [0.717, 1.165) is 20.5 Å². The molecule has 0 atom stereocenters. The molecule has 27 heavy (non-hydrogen) atoms. The van der Waals surface area contributed by atoms with Gasteiger partial charge in [-0.3, -0.25) is 4.99 Å². The highest BCUT2D eigenvalue weighted by Crippen LogP contribution is 2.28. The first-order valence-corrected chi connectivity index (χ1v) is 9.79. The molecule has 0 bridgehead atoms. The van der Waals surface area contributed by atoms with Gasteiger partial charge in [0.25, 0.3) is 0 Å². The highest BCUT2D eigenvalue weighted by Gasteiger charge is 2.09. The predicted octanol–water partition coefficient (Wildman–Crippen LogP) is 4.66. The van der Waals surface area contributed by atoms with Crippen molar-refractivity contribution in [1.82, 2.24) is 4.68 Å². The molecule has 1 aromatic heterocycles. The predicted molar refractivity (Wildman–Crippen MR) is 114 cm³/mol. The molecule has 2 aromatic carbocycles. The van der Waals surface area contributed by atoms with Gasteiger partial charge in [-0.05, 0) is 24.3 Å². The quantitative estimate of drug-likeness (QED) is 0.444. The molecule has 0 aliphatic rings. The van der Waals surface area contributed by atoms with Gasteiger partial charge in [-0.1, -0.05) is 40.2 Å². The van der Waals surface area contributed by atoms with Gasteiger partial charge in [0.15, 0.2) is 11.5 Å². The number of rotatable bonds is 6. The topological polar surface area (TPSA) is 59.1 Å². The Morgan fingerprint density at radius 1 is 1.30 bits per heavy atom. The smallest absolute Gasteiger partial charge is 0.206 e. The molecule has 7 heteroatoms. The minimum atomic E-state index is 0.0492. The lowest BCUT2D eigenvalue weighted by Crippen LogP contribution is -2.12. The molecular weight excluding hydrogens is 426 g/mol. The molecule has 0 aliphatic heterocycles. The van der Waals surface area contributed by atoms with E-state index in [0.29, 0.717) is 17.9 Å². The van der Waals surface area contributed by atoms with Crippen molar-refractivity contribution < 1.29 is 9.84 Å². The highest BCUT2D eigenvalue weighted by molar-refractivity contribution is 9.10. The third-order valence-electron chi connectivity index (χ3n) is 3.72. The number of phenolic OH excluding ortho intramolecular Hbond substituents is 1. The number of hydrogen-bond donors (Lipinski definition) is 1. The van der Waals surface area contributed by atoms with Gasteiger partial charge < -0.3 is 9.84 Å². The van der Waals surface area contributed by atoms with Crippen molar-refractivity contribution in [2.45, 2.75) is 0 Å². The van der Waals surface area contributed by atoms with Crippen molar-refractivity contribution in [2.24, 2.45) is 10.1 Å². The maximum absolute atomic E-state index is 10.3. The maximum Gasteiger partial charge on any atom is 0.206 e. The fourth-order valence-electron chi connectivity index (χ4n) is 2.44. The van der Waals surface area contributed by atoms with Crippen molar-refractivity contribution >= 4 is 33.5 Å². The second-order valence-electron chi connectivity index (χ2n) is 5.50. The number of ether oxygens (including phenoxy) is 1. The van der Waals surface area contributed by atoms with Crippen LogP contribution in [-0.2, 0) is 0 Å². The third-order valence-corrected chi connectivity index (χ3v) is 5.07. The van der Waals surface area contributed by atoms with Gasteiger partial charge in [-0.15, -0.1) is 17.9 Å². The molecule has 0 aliphatic carbocycles. The average molecular weight is 444 g/mol. The highest BCUT2D eigenvalue weighted by atomic mass is 79.9. The van der Waals surface area contributed by atoms with Crippen LogP contribution in [0.15, 0.2) is 75.1 Å². The van der Waals surface area contributed by atoms with Crippen LogP contribution in [0.2, 0.25) is 0 Å². The number of phenols is 1. The Morgan fingerprint density at radius 3 is 2.85 bits per heavy atom. The number of halogens is 1. The number of methoxy groups -OCH3 is 1. The standard InChI is InChI=1S/C20H18BrN3O2S/c1-3-10-22-20-24(17(13-27-20)14-6-4-8-16(21)11-14)23-12-15-7-5-9-18(26-2)19(15)25/h3-9,11-13,25H,1,10H2,2H3. The van der Waals surface area contributed by atoms with Crippen molar-refractivity contribution in [3.8, 4) is 22.8 Å². The van der Waals surface area contributed by atoms with E-state index in [1.165, 1.54) is 18.4 Å². The zero-order chi connectivity index (χ0) is 19.2. The Morgan fingerprint density at radius 2 is 2.11 bits per heavy atom. The van der Waals surface area contributed by atoms with E-state index < -0.39 is 0 Å². The molecule has 0 unspecified atom stereocenters. The van der Waals surface area contributed by atoms with Crippen LogP contribution < -0.4 is 9.54 Å². The summed E-state index contributed by atoms with van der Waals surface area (Å²) in [7, 11) is 1.52. The molecule has 138 valence electrons. The number of benzene rings is 2. The lowest BCUT2D eigenvalue weighted by molar-refractivity contribution is 0.373. The Hall–Kier alpha value is -2.64. The molecule has 3 aromatic rings. The fraction of sp³-hybridized carbons (Fsp3) is 0.100. The molecule has 1 heterocycles. The van der Waals surface area contributed by atoms with E-state index in [2.05, 4.69) is 32.6 Å². The second-order valence-corrected chi connectivity index (χ2v) is 7.25. The zero-order valence-corrected chi connectivity index (χ0v) is 17.1. The molecule has 0 spiro atoms. The van der Waals surface area contributed by atoms with Gasteiger partial charge in [0.05, 0.1) is 25.6 Å². The summed E-state index contributed by atoms with van der Waals surface area (Å²) in [5, 5.41) is 16.9. The number of aromatic hydroxyl groups is 1. The molecule has 5 nitrogen and oxygen atoms in total. The van der Waals surface area contributed by atoms with Crippen LogP contribution in [0.25, 0.3) is 11.3 Å². The van der Waals surface area contributed by atoms with Crippen LogP contribution >= 0.6 is 27.3 Å². The Labute approximate surface area is 169 Å². The van der Waals surface area contributed by atoms with E-state index in [4.69, 9.17) is 4.74 Å². The van der Waals surface area contributed by atoms with Crippen molar-refractivity contribution in [2.75, 3.05) is 13.7 Å². The van der Waals surface area contributed by atoms with Gasteiger partial charge >= 0.3 is 0 Å². The summed E-state index contributed by atoms with van der Waals surface area (Å²) in [6, 6.07) is 13.3. The minimum absolute atomic E-state index is 0.0492. The molecule has 3 rings (SSSR count). The van der Waals surface area contributed by atoms with E-state index in [1.807, 2.05) is 29.6 Å². The Bertz CT molecular complexity index is 1050. The molecular formula is C20H18BrN3O2S. The van der Waals surface area contributed by atoms with E-state index in [1.54, 1.807) is 35.2 Å². The summed E-state index contributed by atoms with van der Waals surface area (Å²) in [4.78, 5) is 5.25. The monoisotopic (exact) mass is 443 g/mol. The normalized spacial score (nSPS) is 11.9. The third kappa shape index (κ3) is 4.37. The Balaban J connectivity index is 2.10. The van der Waals surface area contributed by atoms with Crippen LogP contribution in [0.3, 0.4) is 0 Å². The Kier molecular flexibility index (Phi) is 6.26. The van der Waals surface area contributed by atoms with Crippen LogP contribution in [0.4, 0.5) is 0 Å². The van der Waals surface area contributed by atoms with Gasteiger partial charge in [0, 0.05) is 21.0 Å². The average Bonchev–Trinajstić information content (AvgIpc) is 3.08. The lowest BCUT2D eigenvalue weighted by Gasteiger charge is -2.06. The molecule has 1 N–H and O–H groups in total. The molecule has 0 saturated heterocycles. The molecule has 0 fully saturated rings. The van der Waals surface area contributed by atoms with Crippen molar-refractivity contribution in [3.05, 3.63) is 75.3 Å². The number of para-hydroxylation sites is 1. The first-order chi connectivity index (χ1) is 13.1. The van der Waals surface area contributed by atoms with Gasteiger partial charge in [0.1, 0.15) is 0 Å². The van der Waals surface area contributed by atoms with E-state index >= 15 is 0 Å².